The van der Waals surface area contributed by atoms with Gasteiger partial charge in [-0.05, 0) is 83.5 Å². The van der Waals surface area contributed by atoms with Gasteiger partial charge in [-0.3, -0.25) is 4.79 Å². The number of hydrogen-bond donors (Lipinski definition) is 6. The smallest absolute Gasteiger partial charge is 0.220 e. The van der Waals surface area contributed by atoms with Crippen molar-refractivity contribution < 1.29 is 39.8 Å². The standard InChI is InChI=1S/C57H95NO8/c1-3-5-7-9-11-12-13-14-15-16-17-18-19-20-21-22-23-24-25-26-27-28-29-30-31-32-33-34-35-36-37-38-39-40-41-43-45-47-53(61)58-50(51(60)46-44-42-10-8-6-4-2)49-65-57-56(64)55(63)54(62)52(48-59)66-57/h5,7,11-12,14-15,17-18,20-21,23-24,26-27,29-30,32-33,50-52,54-57,59-60,62-64H,3-4,6,8-10,13,16,19,22,25,28,31,34-49H2,1-2H3,(H,58,61)/b7-5-,12-11-,15-14-,18-17-,21-20-,24-23-,27-26-,30-29-,33-32-. The van der Waals surface area contributed by atoms with Crippen molar-refractivity contribution in [1.82, 2.24) is 5.32 Å². The quantitative estimate of drug-likeness (QED) is 0.0262. The van der Waals surface area contributed by atoms with Gasteiger partial charge in [-0.1, -0.05) is 207 Å². The maximum absolute atomic E-state index is 12.9. The van der Waals surface area contributed by atoms with E-state index in [-0.39, 0.29) is 12.5 Å². The number of nitrogens with one attached hydrogen (secondary N) is 1. The maximum Gasteiger partial charge on any atom is 0.220 e. The first-order valence-electron chi connectivity index (χ1n) is 26.1. The molecule has 9 heteroatoms. The number of aliphatic hydroxyl groups excluding tert-OH is 5. The van der Waals surface area contributed by atoms with Gasteiger partial charge in [0.2, 0.25) is 5.91 Å². The summed E-state index contributed by atoms with van der Waals surface area (Å²) in [6.45, 7) is 3.62. The molecule has 0 aliphatic carbocycles. The molecule has 66 heavy (non-hydrogen) atoms. The Morgan fingerprint density at radius 3 is 1.39 bits per heavy atom. The summed E-state index contributed by atoms with van der Waals surface area (Å²) in [5, 5.41) is 54.0. The molecule has 1 aliphatic rings. The second kappa shape index (κ2) is 45.6. The molecular formula is C57H95NO8. The van der Waals surface area contributed by atoms with E-state index < -0.39 is 49.5 Å². The zero-order valence-electron chi connectivity index (χ0n) is 41.4. The fraction of sp³-hybridized carbons (Fsp3) is 0.667. The fourth-order valence-electron chi connectivity index (χ4n) is 7.50. The van der Waals surface area contributed by atoms with Gasteiger partial charge < -0.3 is 40.3 Å². The van der Waals surface area contributed by atoms with E-state index in [1.165, 1.54) is 38.5 Å². The van der Waals surface area contributed by atoms with Gasteiger partial charge in [0.1, 0.15) is 24.4 Å². The Morgan fingerprint density at radius 1 is 0.530 bits per heavy atom. The summed E-state index contributed by atoms with van der Waals surface area (Å²) in [5.74, 6) is -0.162. The third kappa shape index (κ3) is 35.1. The molecule has 0 aromatic heterocycles. The van der Waals surface area contributed by atoms with Crippen molar-refractivity contribution in [2.45, 2.75) is 230 Å². The molecule has 0 aromatic carbocycles. The number of rotatable bonds is 42. The Hall–Kier alpha value is -3.15. The lowest BCUT2D eigenvalue weighted by molar-refractivity contribution is -0.302. The van der Waals surface area contributed by atoms with Crippen molar-refractivity contribution >= 4 is 5.91 Å². The van der Waals surface area contributed by atoms with E-state index in [9.17, 15) is 30.3 Å². The Balaban J connectivity index is 2.09. The van der Waals surface area contributed by atoms with Crippen LogP contribution in [0.5, 0.6) is 0 Å². The highest BCUT2D eigenvalue weighted by molar-refractivity contribution is 5.76. The van der Waals surface area contributed by atoms with Crippen LogP contribution in [0.4, 0.5) is 0 Å². The summed E-state index contributed by atoms with van der Waals surface area (Å²) in [5.41, 5.74) is 0. The van der Waals surface area contributed by atoms with Crippen LogP contribution in [-0.4, -0.2) is 87.5 Å². The highest BCUT2D eigenvalue weighted by atomic mass is 16.7. The SMILES string of the molecule is CC/C=C\C/C=C\C/C=C\C/C=C\C/C=C\C/C=C\C/C=C\C/C=C\C/C=C\CCCCCCCCCCCC(=O)NC(COC1OC(CO)C(O)C(O)C1O)C(O)CCCCCCCC. The third-order valence-electron chi connectivity index (χ3n) is 11.6. The van der Waals surface area contributed by atoms with Gasteiger partial charge in [-0.25, -0.2) is 0 Å². The Morgan fingerprint density at radius 2 is 0.939 bits per heavy atom. The second-order valence-corrected chi connectivity index (χ2v) is 17.6. The van der Waals surface area contributed by atoms with E-state index in [2.05, 4.69) is 129 Å². The van der Waals surface area contributed by atoms with Gasteiger partial charge in [0.15, 0.2) is 6.29 Å². The van der Waals surface area contributed by atoms with Crippen LogP contribution in [0.15, 0.2) is 109 Å². The lowest BCUT2D eigenvalue weighted by Gasteiger charge is -2.40. The molecule has 1 fully saturated rings. The molecule has 7 atom stereocenters. The molecular weight excluding hydrogens is 827 g/mol. The summed E-state index contributed by atoms with van der Waals surface area (Å²) >= 11 is 0. The zero-order chi connectivity index (χ0) is 48.0. The van der Waals surface area contributed by atoms with Crippen LogP contribution in [0.1, 0.15) is 187 Å². The monoisotopic (exact) mass is 922 g/mol. The number of ether oxygens (including phenoxy) is 2. The average molecular weight is 922 g/mol. The van der Waals surface area contributed by atoms with E-state index in [0.29, 0.717) is 12.8 Å². The van der Waals surface area contributed by atoms with Crippen LogP contribution in [0.25, 0.3) is 0 Å². The van der Waals surface area contributed by atoms with E-state index >= 15 is 0 Å². The lowest BCUT2D eigenvalue weighted by Crippen LogP contribution is -2.60. The Bertz CT molecular complexity index is 1390. The van der Waals surface area contributed by atoms with Crippen LogP contribution in [0.2, 0.25) is 0 Å². The molecule has 0 aromatic rings. The van der Waals surface area contributed by atoms with Gasteiger partial charge in [0.05, 0.1) is 25.4 Å². The summed E-state index contributed by atoms with van der Waals surface area (Å²) < 4.78 is 11.2. The number of hydrogen-bond acceptors (Lipinski definition) is 8. The minimum atomic E-state index is -1.56. The fourth-order valence-corrected chi connectivity index (χ4v) is 7.50. The maximum atomic E-state index is 12.9. The normalized spacial score (nSPS) is 20.7. The van der Waals surface area contributed by atoms with E-state index in [1.807, 2.05) is 0 Å². The highest BCUT2D eigenvalue weighted by Crippen LogP contribution is 2.23. The summed E-state index contributed by atoms with van der Waals surface area (Å²) in [6.07, 6.45) is 60.1. The molecule has 6 N–H and O–H groups in total. The van der Waals surface area contributed by atoms with Crippen LogP contribution in [0.3, 0.4) is 0 Å². The number of aliphatic hydroxyl groups is 5. The van der Waals surface area contributed by atoms with Crippen molar-refractivity contribution in [3.8, 4) is 0 Å². The van der Waals surface area contributed by atoms with Gasteiger partial charge in [-0.15, -0.1) is 0 Å². The van der Waals surface area contributed by atoms with Crippen LogP contribution < -0.4 is 5.32 Å². The Labute approximate surface area is 402 Å². The molecule has 1 saturated heterocycles. The topological polar surface area (TPSA) is 149 Å². The molecule has 1 heterocycles. The van der Waals surface area contributed by atoms with E-state index in [1.54, 1.807) is 0 Å². The minimum Gasteiger partial charge on any atom is -0.394 e. The molecule has 0 saturated carbocycles. The van der Waals surface area contributed by atoms with Crippen molar-refractivity contribution in [2.24, 2.45) is 0 Å². The van der Waals surface area contributed by atoms with E-state index in [4.69, 9.17) is 9.47 Å². The van der Waals surface area contributed by atoms with Crippen LogP contribution in [-0.2, 0) is 14.3 Å². The van der Waals surface area contributed by atoms with Crippen LogP contribution >= 0.6 is 0 Å². The van der Waals surface area contributed by atoms with Gasteiger partial charge in [-0.2, -0.15) is 0 Å². The molecule has 376 valence electrons. The molecule has 9 nitrogen and oxygen atoms in total. The molecule has 0 bridgehead atoms. The number of carbonyl (C=O) groups excluding carboxylic acids is 1. The molecule has 0 spiro atoms. The van der Waals surface area contributed by atoms with Crippen molar-refractivity contribution in [1.29, 1.82) is 0 Å². The first-order valence-corrected chi connectivity index (χ1v) is 26.1. The van der Waals surface area contributed by atoms with Gasteiger partial charge >= 0.3 is 0 Å². The first kappa shape index (κ1) is 60.9. The highest BCUT2D eigenvalue weighted by Gasteiger charge is 2.44. The van der Waals surface area contributed by atoms with Crippen LogP contribution in [0, 0.1) is 0 Å². The molecule has 1 amide bonds. The number of unbranched alkanes of at least 4 members (excludes halogenated alkanes) is 14. The average Bonchev–Trinajstić information content (AvgIpc) is 3.32. The van der Waals surface area contributed by atoms with Gasteiger partial charge in [0.25, 0.3) is 0 Å². The molecule has 1 aliphatic heterocycles. The van der Waals surface area contributed by atoms with Crippen molar-refractivity contribution in [3.63, 3.8) is 0 Å². The molecule has 0 radical (unpaired) electrons. The number of carbonyl (C=O) groups is 1. The first-order chi connectivity index (χ1) is 32.3. The molecule has 7 unspecified atom stereocenters. The Kier molecular flexibility index (Phi) is 42.1. The predicted octanol–water partition coefficient (Wildman–Crippen LogP) is 12.2. The largest absolute Gasteiger partial charge is 0.394 e. The summed E-state index contributed by atoms with van der Waals surface area (Å²) in [6, 6.07) is -0.725. The lowest BCUT2D eigenvalue weighted by atomic mass is 9.99. The van der Waals surface area contributed by atoms with Crippen molar-refractivity contribution in [3.05, 3.63) is 109 Å². The molecule has 1 rings (SSSR count). The zero-order valence-corrected chi connectivity index (χ0v) is 41.4. The third-order valence-corrected chi connectivity index (χ3v) is 11.6. The predicted molar refractivity (Wildman–Crippen MR) is 276 cm³/mol. The second-order valence-electron chi connectivity index (χ2n) is 17.6. The summed E-state index contributed by atoms with van der Waals surface area (Å²) in [7, 11) is 0. The number of amides is 1. The summed E-state index contributed by atoms with van der Waals surface area (Å²) in [4.78, 5) is 12.9. The van der Waals surface area contributed by atoms with Gasteiger partial charge in [0, 0.05) is 6.42 Å². The number of allylic oxidation sites excluding steroid dienone is 18. The minimum absolute atomic E-state index is 0.148. The van der Waals surface area contributed by atoms with Crippen molar-refractivity contribution in [2.75, 3.05) is 13.2 Å². The van der Waals surface area contributed by atoms with E-state index in [0.717, 1.165) is 122 Å².